The van der Waals surface area contributed by atoms with Gasteiger partial charge < -0.3 is 148 Å². The summed E-state index contributed by atoms with van der Waals surface area (Å²) in [4.78, 5) is 96.5. The molecule has 6 heterocycles. The number of carbonyl (C=O) groups excluding carboxylic acids is 6. The van der Waals surface area contributed by atoms with E-state index in [1.807, 2.05) is 31.2 Å². The maximum atomic E-state index is 15.2. The van der Waals surface area contributed by atoms with Crippen LogP contribution < -0.4 is 53.4 Å². The summed E-state index contributed by atoms with van der Waals surface area (Å²) in [5.74, 6) is -8.97. The number of nitrogens with zero attached hydrogens (tertiary/aromatic N) is 3. The lowest BCUT2D eigenvalue weighted by molar-refractivity contribution is -0.353. The second kappa shape index (κ2) is 33.5. The average Bonchev–Trinajstić information content (AvgIpc) is 1.76. The quantitative estimate of drug-likeness (QED) is 0.0499. The third-order valence-electron chi connectivity index (χ3n) is 18.0. The van der Waals surface area contributed by atoms with Crippen LogP contribution in [0.3, 0.4) is 0 Å². The predicted octanol–water partition coefficient (Wildman–Crippen LogP) is -11.1. The average molecular weight is 1400 g/mol. The molecule has 3 aromatic rings. The molecule has 0 radical (unpaired) electrons. The molecular weight excluding hydrogens is 1310 g/mol. The van der Waals surface area contributed by atoms with Gasteiger partial charge in [-0.15, -0.1) is 0 Å². The molecule has 99 heavy (non-hydrogen) atoms. The van der Waals surface area contributed by atoms with Crippen LogP contribution in [0, 0.1) is 6.92 Å². The van der Waals surface area contributed by atoms with Crippen molar-refractivity contribution in [1.29, 1.82) is 0 Å². The molecule has 9 rings (SSSR count). The fourth-order valence-corrected chi connectivity index (χ4v) is 12.2. The lowest BCUT2D eigenvalue weighted by atomic mass is 9.92. The maximum absolute atomic E-state index is 15.2. The highest BCUT2D eigenvalue weighted by Crippen LogP contribution is 2.33. The van der Waals surface area contributed by atoms with E-state index in [2.05, 4.69) is 47.2 Å². The summed E-state index contributed by atoms with van der Waals surface area (Å²) in [5, 5.41) is 160. The van der Waals surface area contributed by atoms with E-state index in [-0.39, 0.29) is 37.0 Å². The van der Waals surface area contributed by atoms with Crippen LogP contribution in [-0.2, 0) is 65.5 Å². The van der Waals surface area contributed by atoms with Crippen LogP contribution in [0.1, 0.15) is 35.1 Å². The van der Waals surface area contributed by atoms with Gasteiger partial charge in [0, 0.05) is 12.3 Å². The van der Waals surface area contributed by atoms with Gasteiger partial charge in [0.05, 0.1) is 64.8 Å². The van der Waals surface area contributed by atoms with Crippen LogP contribution in [0.25, 0.3) is 0 Å². The molecule has 3 aromatic carbocycles. The number of aliphatic imine (C=N–C) groups is 2. The minimum absolute atomic E-state index is 0.0629. The summed E-state index contributed by atoms with van der Waals surface area (Å²) in [6.07, 6.45) is -31.3. The lowest BCUT2D eigenvalue weighted by Gasteiger charge is -2.46. The van der Waals surface area contributed by atoms with Crippen molar-refractivity contribution in [3.05, 3.63) is 101 Å². The first-order valence-corrected chi connectivity index (χ1v) is 31.8. The van der Waals surface area contributed by atoms with Crippen molar-refractivity contribution in [2.75, 3.05) is 46.1 Å². The minimum atomic E-state index is -2.35. The molecule has 6 aliphatic rings. The van der Waals surface area contributed by atoms with Crippen molar-refractivity contribution >= 4 is 47.4 Å². The number of aryl methyl sites for hydroxylation is 1. The summed E-state index contributed by atoms with van der Waals surface area (Å²) in [5.41, 5.74) is 14.7. The van der Waals surface area contributed by atoms with Crippen LogP contribution in [0.5, 0.6) is 5.75 Å². The third kappa shape index (κ3) is 17.6. The number of ether oxygens (including phenoxy) is 6. The van der Waals surface area contributed by atoms with Gasteiger partial charge in [-0.3, -0.25) is 38.8 Å². The second-order valence-electron chi connectivity index (χ2n) is 24.9. The van der Waals surface area contributed by atoms with Gasteiger partial charge in [0.2, 0.25) is 41.7 Å². The second-order valence-corrected chi connectivity index (χ2v) is 24.9. The maximum Gasteiger partial charge on any atom is 0.246 e. The van der Waals surface area contributed by atoms with Crippen molar-refractivity contribution in [2.24, 2.45) is 21.5 Å². The van der Waals surface area contributed by atoms with Gasteiger partial charge >= 0.3 is 0 Å². The number of guanidine groups is 2. The number of aliphatic hydroxyl groups is 13. The molecule has 4 saturated heterocycles. The fraction of sp³-hybridized carbons (Fsp3) is 0.581. The number of benzene rings is 3. The summed E-state index contributed by atoms with van der Waals surface area (Å²) in [7, 11) is 0. The molecule has 0 spiro atoms. The number of rotatable bonds is 20. The molecule has 6 amide bonds. The van der Waals surface area contributed by atoms with Crippen molar-refractivity contribution in [1.82, 2.24) is 42.1 Å². The summed E-state index contributed by atoms with van der Waals surface area (Å²) < 4.78 is 34.9. The van der Waals surface area contributed by atoms with E-state index in [0.717, 1.165) is 16.0 Å². The Bertz CT molecular complexity index is 3310. The highest BCUT2D eigenvalue weighted by Gasteiger charge is 2.54. The van der Waals surface area contributed by atoms with E-state index in [4.69, 9.17) is 39.9 Å². The Labute approximate surface area is 565 Å². The van der Waals surface area contributed by atoms with Gasteiger partial charge in [-0.05, 0) is 35.7 Å². The number of nitrogens with two attached hydrogens (primary N) is 2. The summed E-state index contributed by atoms with van der Waals surface area (Å²) in [6.45, 7) is -1.40. The van der Waals surface area contributed by atoms with Crippen LogP contribution in [0.4, 0.5) is 0 Å². The zero-order chi connectivity index (χ0) is 71.7. The first-order chi connectivity index (χ1) is 47.2. The molecule has 0 bridgehead atoms. The Kier molecular flexibility index (Phi) is 25.5. The van der Waals surface area contributed by atoms with Crippen LogP contribution in [0.2, 0.25) is 0 Å². The molecule has 544 valence electrons. The standard InChI is InChI=1S/C62H86N12O25/c1-25-8-10-28(11-9-25)23-94-24-37-45(82)47(84)50(87)60(98-37)99-52-36(22-77)97-59(51(88)48(52)85)95-30-14-12-27(13-15-30)16-31-54(90)72-40(42(79)32-17-66-61(63)70-32)57(93)73-41(43(80)34-18-67-62(64)74(34)58-49(86)46(83)44(81)35(21-76)96-58)56(92)69-33(20-75)53(89)65-19-38(78)71-39(55(91)68-31)26(2)29-6-4-3-5-7-29/h3-15,26,31-37,39-52,58-60,75-77,79-88H,16-24H2,1-2H3,(H2,64,67)(H,65,89)(H,68,91)(H,69,92)(H,71,78)(H,72,90)(H,73,93)(H3,63,66,70)/t26?,31-,32?,33+,34?,35-,36-,37-,39+,40+,41-,42?,43?,44-,45-,46+,47+,48-,49+,50+,51+,52-,58+,59+,60-/m1/s1. The van der Waals surface area contributed by atoms with E-state index in [0.29, 0.717) is 5.56 Å². The van der Waals surface area contributed by atoms with Gasteiger partial charge in [0.1, 0.15) is 121 Å². The van der Waals surface area contributed by atoms with E-state index < -0.39 is 233 Å². The number of aliphatic hydroxyl groups excluding tert-OH is 13. The van der Waals surface area contributed by atoms with Crippen LogP contribution in [0.15, 0.2) is 88.8 Å². The Morgan fingerprint density at radius 1 is 0.576 bits per heavy atom. The first kappa shape index (κ1) is 75.3. The molecule has 25 atom stereocenters. The number of amides is 6. The topological polar surface area (TPSA) is 585 Å². The van der Waals surface area contributed by atoms with Crippen molar-refractivity contribution in [2.45, 2.75) is 179 Å². The van der Waals surface area contributed by atoms with Gasteiger partial charge in [-0.25, -0.2) is 0 Å². The predicted molar refractivity (Wildman–Crippen MR) is 337 cm³/mol. The number of hydrogen-bond acceptors (Lipinski definition) is 31. The van der Waals surface area contributed by atoms with Crippen LogP contribution in [-0.4, -0.2) is 311 Å². The Morgan fingerprint density at radius 2 is 1.17 bits per heavy atom. The monoisotopic (exact) mass is 1400 g/mol. The minimum Gasteiger partial charge on any atom is -0.462 e. The van der Waals surface area contributed by atoms with E-state index in [9.17, 15) is 85.6 Å². The van der Waals surface area contributed by atoms with Gasteiger partial charge in [-0.2, -0.15) is 0 Å². The highest BCUT2D eigenvalue weighted by molar-refractivity contribution is 5.98. The van der Waals surface area contributed by atoms with E-state index in [1.54, 1.807) is 37.3 Å². The van der Waals surface area contributed by atoms with E-state index in [1.165, 1.54) is 24.3 Å². The van der Waals surface area contributed by atoms with Crippen LogP contribution >= 0.6 is 0 Å². The van der Waals surface area contributed by atoms with Gasteiger partial charge in [0.25, 0.3) is 0 Å². The zero-order valence-corrected chi connectivity index (χ0v) is 53.5. The molecule has 0 aromatic heterocycles. The molecule has 24 N–H and O–H groups in total. The molecule has 6 aliphatic heterocycles. The largest absolute Gasteiger partial charge is 0.462 e. The Morgan fingerprint density at radius 3 is 1.83 bits per heavy atom. The molecule has 4 fully saturated rings. The zero-order valence-electron chi connectivity index (χ0n) is 53.5. The highest BCUT2D eigenvalue weighted by atomic mass is 16.7. The molecule has 0 aliphatic carbocycles. The summed E-state index contributed by atoms with van der Waals surface area (Å²) >= 11 is 0. The fourth-order valence-electron chi connectivity index (χ4n) is 12.2. The molecule has 37 nitrogen and oxygen atoms in total. The SMILES string of the molecule is Cc1ccc(COC[C@H]2O[C@H](O[C@H]3[C@H](O)[C@H](O)[C@@H](Oc4ccc(C[C@H]5NC(=O)[C@H](C(C)c6ccccc6)NC(=O)CNC(=O)[C@H](CO)NC(=O)[C@@H](C(O)C6CN=C(N)N6[C@H]6O[C@H](CO)[C@@H](O)[C@H](O)[C@@H]6O)NC(=O)[C@H](C(O)C6CN=C(N)N6)NC5=O)cc4)O[C@@H]3CO)[C@@H](O)[C@@H](O)[C@@H]2O)cc1. The van der Waals surface area contributed by atoms with Gasteiger partial charge in [0.15, 0.2) is 24.4 Å². The Hall–Kier alpha value is -7.90. The van der Waals surface area contributed by atoms with Crippen molar-refractivity contribution in [3.63, 3.8) is 0 Å². The Balaban J connectivity index is 0.981. The van der Waals surface area contributed by atoms with Crippen molar-refractivity contribution < 1.29 is 124 Å². The molecule has 37 heteroatoms. The van der Waals surface area contributed by atoms with Crippen molar-refractivity contribution in [3.8, 4) is 5.75 Å². The normalized spacial score (nSPS) is 35.4. The first-order valence-electron chi connectivity index (χ1n) is 31.8. The molecule has 0 saturated carbocycles. The number of nitrogens with one attached hydrogen (secondary N) is 7. The van der Waals surface area contributed by atoms with E-state index >= 15 is 9.59 Å². The number of carbonyl (C=O) groups is 6. The third-order valence-corrected chi connectivity index (χ3v) is 18.0. The summed E-state index contributed by atoms with van der Waals surface area (Å²) in [6, 6.07) is 8.32. The number of hydrogen-bond donors (Lipinski definition) is 22. The molecular formula is C62H86N12O25. The lowest BCUT2D eigenvalue weighted by Crippen LogP contribution is -2.70. The smallest absolute Gasteiger partial charge is 0.246 e. The van der Waals surface area contributed by atoms with Gasteiger partial charge in [-0.1, -0.05) is 79.2 Å². The molecule has 5 unspecified atom stereocenters.